The van der Waals surface area contributed by atoms with Crippen molar-refractivity contribution >= 4 is 11.9 Å². The van der Waals surface area contributed by atoms with Crippen LogP contribution >= 0.6 is 0 Å². The molecule has 1 amide bonds. The summed E-state index contributed by atoms with van der Waals surface area (Å²) in [4.78, 5) is 11.6. The largest absolute Gasteiger partial charge is 0.490 e. The molecule has 7 heteroatoms. The number of carbonyl (C=O) groups is 1. The first kappa shape index (κ1) is 16.8. The second-order valence-corrected chi connectivity index (χ2v) is 5.08. The predicted octanol–water partition coefficient (Wildman–Crippen LogP) is 3.13. The molecule has 1 N–H and O–H groups in total. The van der Waals surface area contributed by atoms with Gasteiger partial charge in [0.1, 0.15) is 0 Å². The number of hydrogen-bond acceptors (Lipinski definition) is 6. The Bertz CT molecular complexity index is 667. The third-order valence-corrected chi connectivity index (χ3v) is 2.97. The van der Waals surface area contributed by atoms with Gasteiger partial charge in [0.25, 0.3) is 0 Å². The summed E-state index contributed by atoms with van der Waals surface area (Å²) in [5.74, 6) is 1.22. The van der Waals surface area contributed by atoms with Gasteiger partial charge in [-0.15, -0.1) is 5.10 Å². The highest BCUT2D eigenvalue weighted by molar-refractivity contribution is 5.90. The van der Waals surface area contributed by atoms with Crippen LogP contribution in [0.2, 0.25) is 0 Å². The molecule has 7 nitrogen and oxygen atoms in total. The van der Waals surface area contributed by atoms with Crippen molar-refractivity contribution in [2.75, 3.05) is 18.5 Å². The van der Waals surface area contributed by atoms with E-state index >= 15 is 0 Å². The van der Waals surface area contributed by atoms with Crippen molar-refractivity contribution in [1.29, 1.82) is 0 Å². The summed E-state index contributed by atoms with van der Waals surface area (Å²) in [6.45, 7) is 8.44. The zero-order valence-electron chi connectivity index (χ0n) is 13.8. The molecule has 0 aliphatic rings. The number of aromatic nitrogens is 2. The van der Waals surface area contributed by atoms with Crippen LogP contribution in [0.25, 0.3) is 11.5 Å². The minimum absolute atomic E-state index is 0.0746. The summed E-state index contributed by atoms with van der Waals surface area (Å²) >= 11 is 0. The molecule has 23 heavy (non-hydrogen) atoms. The highest BCUT2D eigenvalue weighted by Crippen LogP contribution is 2.32. The molecule has 0 spiro atoms. The second-order valence-electron chi connectivity index (χ2n) is 5.08. The summed E-state index contributed by atoms with van der Waals surface area (Å²) in [6, 6.07) is 5.44. The molecule has 0 saturated carbocycles. The molecule has 0 unspecified atom stereocenters. The van der Waals surface area contributed by atoms with Gasteiger partial charge < -0.3 is 13.9 Å². The molecular weight excluding hydrogens is 298 g/mol. The summed E-state index contributed by atoms with van der Waals surface area (Å²) < 4.78 is 16.6. The molecule has 1 aromatic carbocycles. The lowest BCUT2D eigenvalue weighted by Crippen LogP contribution is -2.17. The summed E-state index contributed by atoms with van der Waals surface area (Å²) in [5.41, 5.74) is 0.689. The average Bonchev–Trinajstić information content (AvgIpc) is 2.98. The minimum atomic E-state index is -0.179. The van der Waals surface area contributed by atoms with Crippen LogP contribution in [0.1, 0.15) is 27.7 Å². The van der Waals surface area contributed by atoms with Gasteiger partial charge in [0.15, 0.2) is 11.5 Å². The fourth-order valence-electron chi connectivity index (χ4n) is 1.82. The fourth-order valence-corrected chi connectivity index (χ4v) is 1.82. The summed E-state index contributed by atoms with van der Waals surface area (Å²) in [6.07, 6.45) is 0. The molecule has 0 radical (unpaired) electrons. The molecule has 1 heterocycles. The number of nitrogens with one attached hydrogen (secondary N) is 1. The number of carbonyl (C=O) groups excluding carboxylic acids is 1. The van der Waals surface area contributed by atoms with Crippen molar-refractivity contribution in [3.8, 4) is 23.0 Å². The van der Waals surface area contributed by atoms with E-state index in [9.17, 15) is 4.79 Å². The lowest BCUT2D eigenvalue weighted by Gasteiger charge is -2.11. The Hall–Kier alpha value is -2.57. The Labute approximate surface area is 135 Å². The van der Waals surface area contributed by atoms with Crippen molar-refractivity contribution in [3.05, 3.63) is 18.2 Å². The number of benzene rings is 1. The number of amides is 1. The predicted molar refractivity (Wildman–Crippen MR) is 85.5 cm³/mol. The van der Waals surface area contributed by atoms with Crippen LogP contribution in [-0.4, -0.2) is 29.3 Å². The van der Waals surface area contributed by atoms with Gasteiger partial charge in [0.05, 0.1) is 13.2 Å². The number of hydrogen-bond donors (Lipinski definition) is 1. The molecule has 2 rings (SSSR count). The van der Waals surface area contributed by atoms with Crippen molar-refractivity contribution in [3.63, 3.8) is 0 Å². The molecule has 0 atom stereocenters. The highest BCUT2D eigenvalue weighted by Gasteiger charge is 2.15. The molecule has 0 saturated heterocycles. The Balaban J connectivity index is 2.23. The van der Waals surface area contributed by atoms with E-state index in [0.717, 1.165) is 0 Å². The maximum absolute atomic E-state index is 11.6. The van der Waals surface area contributed by atoms with E-state index in [0.29, 0.717) is 36.2 Å². The van der Waals surface area contributed by atoms with Gasteiger partial charge in [-0.3, -0.25) is 10.1 Å². The van der Waals surface area contributed by atoms with Crippen LogP contribution in [0.4, 0.5) is 6.01 Å². The molecule has 0 bridgehead atoms. The Morgan fingerprint density at radius 3 is 2.52 bits per heavy atom. The van der Waals surface area contributed by atoms with Gasteiger partial charge in [-0.1, -0.05) is 18.9 Å². The molecular formula is C16H21N3O4. The number of rotatable bonds is 7. The van der Waals surface area contributed by atoms with Crippen LogP contribution in [0.3, 0.4) is 0 Å². The number of ether oxygens (including phenoxy) is 2. The van der Waals surface area contributed by atoms with Gasteiger partial charge in [0.2, 0.25) is 11.8 Å². The van der Waals surface area contributed by atoms with E-state index < -0.39 is 0 Å². The topological polar surface area (TPSA) is 86.5 Å². The lowest BCUT2D eigenvalue weighted by molar-refractivity contribution is -0.119. The third-order valence-electron chi connectivity index (χ3n) is 2.97. The maximum Gasteiger partial charge on any atom is 0.322 e. The van der Waals surface area contributed by atoms with Gasteiger partial charge in [-0.25, -0.2) is 0 Å². The Kier molecular flexibility index (Phi) is 5.56. The fraction of sp³-hybridized carbons (Fsp3) is 0.438. The van der Waals surface area contributed by atoms with E-state index in [1.165, 1.54) is 0 Å². The van der Waals surface area contributed by atoms with E-state index in [1.54, 1.807) is 32.0 Å². The molecule has 0 aliphatic heterocycles. The van der Waals surface area contributed by atoms with Crippen molar-refractivity contribution in [2.45, 2.75) is 27.7 Å². The first-order chi connectivity index (χ1) is 11.0. The SMILES string of the molecule is CCOc1ccc(-c2nnc(NC(=O)C(C)C)o2)cc1OCC. The van der Waals surface area contributed by atoms with Gasteiger partial charge >= 0.3 is 6.01 Å². The zero-order chi connectivity index (χ0) is 16.8. The van der Waals surface area contributed by atoms with Crippen molar-refractivity contribution in [1.82, 2.24) is 10.2 Å². The van der Waals surface area contributed by atoms with E-state index in [2.05, 4.69) is 15.5 Å². The van der Waals surface area contributed by atoms with E-state index in [1.807, 2.05) is 13.8 Å². The third kappa shape index (κ3) is 4.21. The van der Waals surface area contributed by atoms with Crippen LogP contribution in [0.5, 0.6) is 11.5 Å². The van der Waals surface area contributed by atoms with Crippen LogP contribution in [0.15, 0.2) is 22.6 Å². The zero-order valence-corrected chi connectivity index (χ0v) is 13.8. The first-order valence-corrected chi connectivity index (χ1v) is 7.59. The standard InChI is InChI=1S/C16H21N3O4/c1-5-21-12-8-7-11(9-13(12)22-6-2)15-18-19-16(23-15)17-14(20)10(3)4/h7-10H,5-6H2,1-4H3,(H,17,19,20). The monoisotopic (exact) mass is 319 g/mol. The van der Waals surface area contributed by atoms with Crippen LogP contribution < -0.4 is 14.8 Å². The lowest BCUT2D eigenvalue weighted by atomic mass is 10.2. The van der Waals surface area contributed by atoms with Gasteiger partial charge in [-0.05, 0) is 32.0 Å². The van der Waals surface area contributed by atoms with E-state index in [4.69, 9.17) is 13.9 Å². The molecule has 1 aromatic heterocycles. The maximum atomic E-state index is 11.6. The highest BCUT2D eigenvalue weighted by atomic mass is 16.5. The molecule has 124 valence electrons. The quantitative estimate of drug-likeness (QED) is 0.843. The molecule has 2 aromatic rings. The number of nitrogens with zero attached hydrogens (tertiary/aromatic N) is 2. The first-order valence-electron chi connectivity index (χ1n) is 7.59. The number of anilines is 1. The second kappa shape index (κ2) is 7.62. The van der Waals surface area contributed by atoms with Crippen molar-refractivity contribution in [2.24, 2.45) is 5.92 Å². The van der Waals surface area contributed by atoms with Crippen LogP contribution in [0, 0.1) is 5.92 Å². The summed E-state index contributed by atoms with van der Waals surface area (Å²) in [7, 11) is 0. The molecule has 0 fully saturated rings. The van der Waals surface area contributed by atoms with Crippen molar-refractivity contribution < 1.29 is 18.7 Å². The molecule has 0 aliphatic carbocycles. The Morgan fingerprint density at radius 1 is 1.17 bits per heavy atom. The smallest absolute Gasteiger partial charge is 0.322 e. The van der Waals surface area contributed by atoms with Gasteiger partial charge in [0, 0.05) is 11.5 Å². The normalized spacial score (nSPS) is 10.7. The van der Waals surface area contributed by atoms with Gasteiger partial charge in [-0.2, -0.15) is 0 Å². The van der Waals surface area contributed by atoms with Crippen LogP contribution in [-0.2, 0) is 4.79 Å². The average molecular weight is 319 g/mol. The van der Waals surface area contributed by atoms with E-state index in [-0.39, 0.29) is 17.8 Å². The Morgan fingerprint density at radius 2 is 1.87 bits per heavy atom. The minimum Gasteiger partial charge on any atom is -0.490 e. The summed E-state index contributed by atoms with van der Waals surface area (Å²) in [5, 5.41) is 10.3.